The normalized spacial score (nSPS) is 10.6. The standard InChI is InChI=1S/C15H13FN4OS/c1-10-6-7-22-13(10)14(21)18-15-17-9-20(19-15)8-11-2-4-12(16)5-3-11/h2-7,9H,8H2,1H3,(H,18,19,21). The van der Waals surface area contributed by atoms with E-state index in [9.17, 15) is 9.18 Å². The highest BCUT2D eigenvalue weighted by Crippen LogP contribution is 2.16. The van der Waals surface area contributed by atoms with E-state index in [0.29, 0.717) is 11.4 Å². The van der Waals surface area contributed by atoms with Crippen LogP contribution in [0.5, 0.6) is 0 Å². The minimum absolute atomic E-state index is 0.216. The molecule has 0 aliphatic rings. The summed E-state index contributed by atoms with van der Waals surface area (Å²) in [5, 5.41) is 8.73. The van der Waals surface area contributed by atoms with Gasteiger partial charge >= 0.3 is 0 Å². The molecule has 0 aliphatic heterocycles. The van der Waals surface area contributed by atoms with Crippen LogP contribution in [0.2, 0.25) is 0 Å². The Balaban J connectivity index is 1.67. The highest BCUT2D eigenvalue weighted by atomic mass is 32.1. The Morgan fingerprint density at radius 1 is 1.32 bits per heavy atom. The molecule has 0 saturated carbocycles. The number of anilines is 1. The molecule has 1 N–H and O–H groups in total. The Hall–Kier alpha value is -2.54. The smallest absolute Gasteiger partial charge is 0.268 e. The van der Waals surface area contributed by atoms with Gasteiger partial charge in [0.05, 0.1) is 11.4 Å². The number of nitrogens with one attached hydrogen (secondary N) is 1. The fraction of sp³-hybridized carbons (Fsp3) is 0.133. The molecule has 0 radical (unpaired) electrons. The van der Waals surface area contributed by atoms with Crippen LogP contribution in [0.3, 0.4) is 0 Å². The van der Waals surface area contributed by atoms with Crippen molar-refractivity contribution in [3.8, 4) is 0 Å². The van der Waals surface area contributed by atoms with Crippen molar-refractivity contribution < 1.29 is 9.18 Å². The topological polar surface area (TPSA) is 59.8 Å². The van der Waals surface area contributed by atoms with Crippen LogP contribution in [0.25, 0.3) is 0 Å². The predicted octanol–water partition coefficient (Wildman–Crippen LogP) is 3.09. The van der Waals surface area contributed by atoms with Gasteiger partial charge in [0.15, 0.2) is 0 Å². The summed E-state index contributed by atoms with van der Waals surface area (Å²) in [6, 6.07) is 8.05. The Bertz CT molecular complexity index is 794. The Labute approximate surface area is 130 Å². The van der Waals surface area contributed by atoms with Crippen LogP contribution < -0.4 is 5.32 Å². The molecule has 112 valence electrons. The van der Waals surface area contributed by atoms with Crippen LogP contribution in [-0.2, 0) is 6.54 Å². The fourth-order valence-corrected chi connectivity index (χ4v) is 2.79. The molecular weight excluding hydrogens is 303 g/mol. The number of hydrogen-bond acceptors (Lipinski definition) is 4. The van der Waals surface area contributed by atoms with E-state index in [2.05, 4.69) is 15.4 Å². The third-order valence-electron chi connectivity index (χ3n) is 3.09. The molecule has 0 spiro atoms. The van der Waals surface area contributed by atoms with Crippen LogP contribution in [0.1, 0.15) is 20.8 Å². The number of thiophene rings is 1. The number of nitrogens with zero attached hydrogens (tertiary/aromatic N) is 3. The van der Waals surface area contributed by atoms with Gasteiger partial charge in [-0.25, -0.2) is 14.1 Å². The van der Waals surface area contributed by atoms with Gasteiger partial charge < -0.3 is 0 Å². The lowest BCUT2D eigenvalue weighted by Gasteiger charge is -2.01. The molecule has 1 amide bonds. The number of halogens is 1. The molecule has 0 fully saturated rings. The third-order valence-corrected chi connectivity index (χ3v) is 4.10. The number of amides is 1. The van der Waals surface area contributed by atoms with Gasteiger partial charge in [-0.3, -0.25) is 10.1 Å². The Morgan fingerprint density at radius 2 is 2.09 bits per heavy atom. The Kier molecular flexibility index (Phi) is 3.97. The van der Waals surface area contributed by atoms with E-state index in [4.69, 9.17) is 0 Å². The van der Waals surface area contributed by atoms with E-state index in [1.807, 2.05) is 18.4 Å². The van der Waals surface area contributed by atoms with Crippen LogP contribution in [-0.4, -0.2) is 20.7 Å². The van der Waals surface area contributed by atoms with Crippen molar-refractivity contribution in [2.45, 2.75) is 13.5 Å². The zero-order valence-electron chi connectivity index (χ0n) is 11.8. The molecule has 0 aliphatic carbocycles. The quantitative estimate of drug-likeness (QED) is 0.804. The number of carbonyl (C=O) groups is 1. The lowest BCUT2D eigenvalue weighted by molar-refractivity contribution is 0.102. The number of hydrogen-bond donors (Lipinski definition) is 1. The minimum atomic E-state index is -0.276. The van der Waals surface area contributed by atoms with Crippen LogP contribution in [0, 0.1) is 12.7 Å². The van der Waals surface area contributed by atoms with Crippen molar-refractivity contribution in [3.63, 3.8) is 0 Å². The van der Waals surface area contributed by atoms with Crippen LogP contribution in [0.4, 0.5) is 10.3 Å². The van der Waals surface area contributed by atoms with Gasteiger partial charge in [0.2, 0.25) is 5.95 Å². The molecule has 3 rings (SSSR count). The first kappa shape index (κ1) is 14.4. The van der Waals surface area contributed by atoms with Gasteiger partial charge in [-0.1, -0.05) is 12.1 Å². The van der Waals surface area contributed by atoms with Gasteiger partial charge in [-0.05, 0) is 41.6 Å². The largest absolute Gasteiger partial charge is 0.288 e. The number of aryl methyl sites for hydroxylation is 1. The first-order chi connectivity index (χ1) is 10.6. The van der Waals surface area contributed by atoms with Crippen molar-refractivity contribution in [3.05, 3.63) is 63.9 Å². The number of benzene rings is 1. The molecule has 2 aromatic heterocycles. The highest BCUT2D eigenvalue weighted by Gasteiger charge is 2.12. The molecule has 1 aromatic carbocycles. The zero-order valence-corrected chi connectivity index (χ0v) is 12.6. The zero-order chi connectivity index (χ0) is 15.5. The summed E-state index contributed by atoms with van der Waals surface area (Å²) in [4.78, 5) is 16.8. The minimum Gasteiger partial charge on any atom is -0.288 e. The summed E-state index contributed by atoms with van der Waals surface area (Å²) >= 11 is 1.38. The molecule has 3 aromatic rings. The van der Waals surface area contributed by atoms with Gasteiger partial charge in [0.25, 0.3) is 5.91 Å². The second-order valence-electron chi connectivity index (χ2n) is 4.78. The average molecular weight is 316 g/mol. The SMILES string of the molecule is Cc1ccsc1C(=O)Nc1ncn(Cc2ccc(F)cc2)n1. The molecule has 5 nitrogen and oxygen atoms in total. The second-order valence-corrected chi connectivity index (χ2v) is 5.70. The average Bonchev–Trinajstić information content (AvgIpc) is 3.10. The molecular formula is C15H13FN4OS. The van der Waals surface area contributed by atoms with Crippen molar-refractivity contribution >= 4 is 23.2 Å². The summed E-state index contributed by atoms with van der Waals surface area (Å²) in [7, 11) is 0. The van der Waals surface area contributed by atoms with E-state index >= 15 is 0 Å². The van der Waals surface area contributed by atoms with Crippen LogP contribution >= 0.6 is 11.3 Å². The van der Waals surface area contributed by atoms with Gasteiger partial charge in [0.1, 0.15) is 12.1 Å². The molecule has 0 atom stereocenters. The highest BCUT2D eigenvalue weighted by molar-refractivity contribution is 7.12. The molecule has 7 heteroatoms. The van der Waals surface area contributed by atoms with Gasteiger partial charge in [-0.15, -0.1) is 16.4 Å². The van der Waals surface area contributed by atoms with Crippen molar-refractivity contribution in [2.75, 3.05) is 5.32 Å². The first-order valence-electron chi connectivity index (χ1n) is 6.61. The predicted molar refractivity (Wildman–Crippen MR) is 82.5 cm³/mol. The van der Waals surface area contributed by atoms with E-state index in [-0.39, 0.29) is 17.7 Å². The molecule has 0 unspecified atom stereocenters. The molecule has 2 heterocycles. The number of aromatic nitrogens is 3. The fourth-order valence-electron chi connectivity index (χ4n) is 1.97. The maximum atomic E-state index is 12.9. The monoisotopic (exact) mass is 316 g/mol. The maximum Gasteiger partial charge on any atom is 0.268 e. The third kappa shape index (κ3) is 3.20. The molecule has 22 heavy (non-hydrogen) atoms. The van der Waals surface area contributed by atoms with Crippen LogP contribution in [0.15, 0.2) is 42.0 Å². The van der Waals surface area contributed by atoms with Crippen molar-refractivity contribution in [1.82, 2.24) is 14.8 Å². The lowest BCUT2D eigenvalue weighted by atomic mass is 10.2. The van der Waals surface area contributed by atoms with E-state index < -0.39 is 0 Å². The summed E-state index contributed by atoms with van der Waals surface area (Å²) in [6.45, 7) is 2.34. The number of rotatable bonds is 4. The summed E-state index contributed by atoms with van der Waals surface area (Å²) < 4.78 is 14.4. The molecule has 0 saturated heterocycles. The van der Waals surface area contributed by atoms with E-state index in [1.54, 1.807) is 16.8 Å². The van der Waals surface area contributed by atoms with Crippen molar-refractivity contribution in [1.29, 1.82) is 0 Å². The summed E-state index contributed by atoms with van der Waals surface area (Å²) in [6.07, 6.45) is 1.53. The number of carbonyl (C=O) groups excluding carboxylic acids is 1. The molecule has 0 bridgehead atoms. The van der Waals surface area contributed by atoms with Crippen molar-refractivity contribution in [2.24, 2.45) is 0 Å². The summed E-state index contributed by atoms with van der Waals surface area (Å²) in [5.41, 5.74) is 1.83. The van der Waals surface area contributed by atoms with E-state index in [1.165, 1.54) is 29.8 Å². The van der Waals surface area contributed by atoms with E-state index in [0.717, 1.165) is 11.1 Å². The first-order valence-corrected chi connectivity index (χ1v) is 7.49. The maximum absolute atomic E-state index is 12.9. The van der Waals surface area contributed by atoms with Gasteiger partial charge in [0, 0.05) is 0 Å². The Morgan fingerprint density at radius 3 is 2.77 bits per heavy atom. The lowest BCUT2D eigenvalue weighted by Crippen LogP contribution is -2.13. The second kappa shape index (κ2) is 6.07. The summed E-state index contributed by atoms with van der Waals surface area (Å²) in [5.74, 6) is -0.242. The van der Waals surface area contributed by atoms with Gasteiger partial charge in [-0.2, -0.15) is 0 Å².